The summed E-state index contributed by atoms with van der Waals surface area (Å²) in [5, 5.41) is 7.20. The molecule has 0 amide bonds. The van der Waals surface area contributed by atoms with Crippen LogP contribution in [0.3, 0.4) is 0 Å². The zero-order valence-electron chi connectivity index (χ0n) is 27.1. The maximum atomic E-state index is 6.30. The average molecular weight is 671 g/mol. The number of thiophene rings is 1. The van der Waals surface area contributed by atoms with Gasteiger partial charge >= 0.3 is 0 Å². The summed E-state index contributed by atoms with van der Waals surface area (Å²) in [6, 6.07) is 54.9. The summed E-state index contributed by atoms with van der Waals surface area (Å²) < 4.78 is 11.1. The zero-order valence-corrected chi connectivity index (χ0v) is 27.9. The highest BCUT2D eigenvalue weighted by Crippen LogP contribution is 2.43. The molecule has 51 heavy (non-hydrogen) atoms. The number of nitrogens with zero attached hydrogens (tertiary/aromatic N) is 4. The molecule has 6 heteroatoms. The number of hydrogen-bond donors (Lipinski definition) is 0. The van der Waals surface area contributed by atoms with Gasteiger partial charge in [0, 0.05) is 64.1 Å². The summed E-state index contributed by atoms with van der Waals surface area (Å²) in [6.45, 7) is 0. The quantitative estimate of drug-likeness (QED) is 0.187. The summed E-state index contributed by atoms with van der Waals surface area (Å²) in [4.78, 5) is 14.8. The molecule has 11 aromatic rings. The largest absolute Gasteiger partial charge is 0.456 e. The fourth-order valence-electron chi connectivity index (χ4n) is 7.53. The first kappa shape index (κ1) is 28.2. The maximum Gasteiger partial charge on any atom is 0.164 e. The first-order chi connectivity index (χ1) is 25.3. The summed E-state index contributed by atoms with van der Waals surface area (Å²) in [6.07, 6.45) is 0. The highest BCUT2D eigenvalue weighted by Gasteiger charge is 2.19. The van der Waals surface area contributed by atoms with Gasteiger partial charge in [0.1, 0.15) is 11.2 Å². The van der Waals surface area contributed by atoms with E-state index in [0.717, 1.165) is 49.8 Å². The second-order valence-corrected chi connectivity index (χ2v) is 13.9. The molecule has 0 saturated heterocycles. The van der Waals surface area contributed by atoms with E-state index in [9.17, 15) is 0 Å². The lowest BCUT2D eigenvalue weighted by molar-refractivity contribution is 0.669. The van der Waals surface area contributed by atoms with Crippen LogP contribution in [-0.4, -0.2) is 19.5 Å². The van der Waals surface area contributed by atoms with Crippen molar-refractivity contribution < 1.29 is 4.42 Å². The third kappa shape index (κ3) is 4.37. The lowest BCUT2D eigenvalue weighted by Crippen LogP contribution is -1.99. The summed E-state index contributed by atoms with van der Waals surface area (Å²) in [5.41, 5.74) is 8.17. The van der Waals surface area contributed by atoms with Crippen LogP contribution >= 0.6 is 11.3 Å². The Morgan fingerprint density at radius 3 is 1.76 bits per heavy atom. The number of hydrogen-bond acceptors (Lipinski definition) is 5. The van der Waals surface area contributed by atoms with Crippen LogP contribution in [0.4, 0.5) is 0 Å². The molecule has 0 atom stereocenters. The zero-order chi connectivity index (χ0) is 33.5. The van der Waals surface area contributed by atoms with Gasteiger partial charge in [-0.05, 0) is 42.5 Å². The molecule has 0 fully saturated rings. The van der Waals surface area contributed by atoms with E-state index in [1.165, 1.54) is 36.5 Å². The van der Waals surface area contributed by atoms with Gasteiger partial charge in [-0.2, -0.15) is 0 Å². The normalized spacial score (nSPS) is 11.9. The van der Waals surface area contributed by atoms with Crippen molar-refractivity contribution in [2.24, 2.45) is 0 Å². The molecular weight excluding hydrogens is 645 g/mol. The van der Waals surface area contributed by atoms with Gasteiger partial charge in [0.15, 0.2) is 17.5 Å². The van der Waals surface area contributed by atoms with E-state index in [1.54, 1.807) is 11.3 Å². The average Bonchev–Trinajstić information content (AvgIpc) is 3.87. The van der Waals surface area contributed by atoms with Crippen LogP contribution in [-0.2, 0) is 0 Å². The molecule has 0 unspecified atom stereocenters. The van der Waals surface area contributed by atoms with Crippen molar-refractivity contribution in [1.29, 1.82) is 0 Å². The van der Waals surface area contributed by atoms with Gasteiger partial charge in [-0.3, -0.25) is 0 Å². The van der Waals surface area contributed by atoms with E-state index in [1.807, 2.05) is 72.8 Å². The van der Waals surface area contributed by atoms with Crippen molar-refractivity contribution in [3.05, 3.63) is 158 Å². The molecule has 7 aromatic carbocycles. The predicted octanol–water partition coefficient (Wildman–Crippen LogP) is 12.2. The SMILES string of the molecule is c1ccc(-c2nc(-c3ccccc3)nc(-c3ccc4c(c3)sc3cc(-n5c6ccccc6c6c7c(ccc65)oc5ccccc57)ccc34)n2)cc1. The Morgan fingerprint density at radius 2 is 1.02 bits per heavy atom. The monoisotopic (exact) mass is 670 g/mol. The minimum atomic E-state index is 0.658. The Labute approximate surface area is 295 Å². The van der Waals surface area contributed by atoms with E-state index in [0.29, 0.717) is 17.5 Å². The molecule has 4 heterocycles. The number of rotatable bonds is 4. The maximum absolute atomic E-state index is 6.30. The summed E-state index contributed by atoms with van der Waals surface area (Å²) in [7, 11) is 0. The smallest absolute Gasteiger partial charge is 0.164 e. The van der Waals surface area contributed by atoms with Crippen LogP contribution in [0.1, 0.15) is 0 Å². The van der Waals surface area contributed by atoms with E-state index in [4.69, 9.17) is 19.4 Å². The minimum absolute atomic E-state index is 0.658. The van der Waals surface area contributed by atoms with Crippen molar-refractivity contribution >= 4 is 75.3 Å². The predicted molar refractivity (Wildman–Crippen MR) is 211 cm³/mol. The van der Waals surface area contributed by atoms with Gasteiger partial charge in [0.25, 0.3) is 0 Å². The van der Waals surface area contributed by atoms with Gasteiger partial charge in [-0.1, -0.05) is 115 Å². The topological polar surface area (TPSA) is 56.7 Å². The fraction of sp³-hybridized carbons (Fsp3) is 0. The minimum Gasteiger partial charge on any atom is -0.456 e. The lowest BCUT2D eigenvalue weighted by Gasteiger charge is -2.08. The van der Waals surface area contributed by atoms with Crippen molar-refractivity contribution in [2.75, 3.05) is 0 Å². The highest BCUT2D eigenvalue weighted by atomic mass is 32.1. The molecule has 0 aliphatic rings. The number of fused-ring (bicyclic) bond motifs is 10. The van der Waals surface area contributed by atoms with Gasteiger partial charge in [-0.15, -0.1) is 11.3 Å². The van der Waals surface area contributed by atoms with Crippen molar-refractivity contribution in [3.63, 3.8) is 0 Å². The van der Waals surface area contributed by atoms with Crippen LogP contribution in [0.2, 0.25) is 0 Å². The van der Waals surface area contributed by atoms with Crippen molar-refractivity contribution in [3.8, 4) is 39.9 Å². The molecular formula is C45H26N4OS. The first-order valence-electron chi connectivity index (χ1n) is 16.9. The van der Waals surface area contributed by atoms with Crippen LogP contribution in [0.5, 0.6) is 0 Å². The van der Waals surface area contributed by atoms with E-state index in [2.05, 4.69) is 89.5 Å². The first-order valence-corrected chi connectivity index (χ1v) is 17.8. The molecule has 0 bridgehead atoms. The Morgan fingerprint density at radius 1 is 0.412 bits per heavy atom. The molecule has 0 N–H and O–H groups in total. The molecule has 0 spiro atoms. The van der Waals surface area contributed by atoms with Crippen molar-refractivity contribution in [1.82, 2.24) is 19.5 Å². The molecule has 11 rings (SSSR count). The van der Waals surface area contributed by atoms with E-state index in [-0.39, 0.29) is 0 Å². The van der Waals surface area contributed by atoms with Gasteiger partial charge < -0.3 is 8.98 Å². The molecule has 0 aliphatic carbocycles. The Hall–Kier alpha value is -6.63. The highest BCUT2D eigenvalue weighted by molar-refractivity contribution is 7.25. The standard InChI is InChI=1S/C45H26N4OS/c1-3-11-27(12-4-1)43-46-44(28-13-5-2-6-14-28)48-45(47-43)29-19-21-31-32-22-20-30(26-40(32)51-39(31)25-29)49-35-17-9-7-15-33(35)41-36(49)23-24-38-42(41)34-16-8-10-18-37(34)50-38/h1-26H. The van der Waals surface area contributed by atoms with Gasteiger partial charge in [0.2, 0.25) is 0 Å². The third-order valence-corrected chi connectivity index (χ3v) is 11.0. The Bertz CT molecular complexity index is 3080. The third-order valence-electron chi connectivity index (χ3n) is 9.85. The molecule has 238 valence electrons. The molecule has 5 nitrogen and oxygen atoms in total. The van der Waals surface area contributed by atoms with Crippen LogP contribution in [0.25, 0.3) is 104 Å². The van der Waals surface area contributed by atoms with Crippen LogP contribution in [0.15, 0.2) is 162 Å². The molecule has 0 saturated carbocycles. The Balaban J connectivity index is 1.08. The number of aromatic nitrogens is 4. The van der Waals surface area contributed by atoms with Crippen molar-refractivity contribution in [2.45, 2.75) is 0 Å². The van der Waals surface area contributed by atoms with E-state index < -0.39 is 0 Å². The lowest BCUT2D eigenvalue weighted by atomic mass is 10.1. The van der Waals surface area contributed by atoms with Crippen LogP contribution in [0, 0.1) is 0 Å². The van der Waals surface area contributed by atoms with Gasteiger partial charge in [-0.25, -0.2) is 15.0 Å². The number of para-hydroxylation sites is 2. The second kappa shape index (κ2) is 10.9. The Kier molecular flexibility index (Phi) is 6.05. The van der Waals surface area contributed by atoms with Gasteiger partial charge in [0.05, 0.1) is 11.0 Å². The number of furan rings is 1. The molecule has 4 aromatic heterocycles. The second-order valence-electron chi connectivity index (χ2n) is 12.8. The molecule has 0 radical (unpaired) electrons. The van der Waals surface area contributed by atoms with Crippen LogP contribution < -0.4 is 0 Å². The van der Waals surface area contributed by atoms with E-state index >= 15 is 0 Å². The fourth-order valence-corrected chi connectivity index (χ4v) is 8.71. The summed E-state index contributed by atoms with van der Waals surface area (Å²) in [5.74, 6) is 1.98. The number of benzene rings is 7. The summed E-state index contributed by atoms with van der Waals surface area (Å²) >= 11 is 1.80. The molecule has 0 aliphatic heterocycles.